The summed E-state index contributed by atoms with van der Waals surface area (Å²) in [6, 6.07) is 18.5. The number of para-hydroxylation sites is 1. The van der Waals surface area contributed by atoms with E-state index in [1.807, 2.05) is 0 Å². The molecule has 0 radical (unpaired) electrons. The number of aromatic hydroxyl groups is 1. The summed E-state index contributed by atoms with van der Waals surface area (Å²) >= 11 is 0. The van der Waals surface area contributed by atoms with Gasteiger partial charge in [0, 0.05) is 12.5 Å². The Morgan fingerprint density at radius 2 is 1.53 bits per heavy atom. The number of Topliss-reactive ketones (excluding diaryl/α,β-unsaturated/α-hetero) is 1. The summed E-state index contributed by atoms with van der Waals surface area (Å²) in [6.45, 7) is 0. The smallest absolute Gasteiger partial charge is 0.736 e. The van der Waals surface area contributed by atoms with Crippen LogP contribution < -0.4 is 48.2 Å². The molecule has 0 fully saturated rings. The van der Waals surface area contributed by atoms with Crippen LogP contribution in [0.1, 0.15) is 15.9 Å². The van der Waals surface area contributed by atoms with Crippen molar-refractivity contribution in [2.45, 2.75) is 6.42 Å². The molecule has 0 aliphatic rings. The normalized spacial score (nSPS) is 12.2. The minimum absolute atomic E-state index is 0. The molecular weight excluding hydrogens is 418 g/mol. The minimum Gasteiger partial charge on any atom is -0.736 e. The van der Waals surface area contributed by atoms with Gasteiger partial charge >= 0.3 is 37.4 Å². The molecule has 1 unspecified atom stereocenters. The molecule has 0 saturated heterocycles. The SMILES string of the molecule is COc1ccc(CC(=O)c2ccc(OP(=O)([O-])Oc3ccccc3)cc2O)cc1.[Na+]. The number of hydrogen-bond donors (Lipinski definition) is 1. The number of phosphoric ester groups is 1. The Morgan fingerprint density at radius 1 is 0.933 bits per heavy atom. The molecule has 0 aliphatic heterocycles. The summed E-state index contributed by atoms with van der Waals surface area (Å²) in [6.07, 6.45) is 0.0644. The van der Waals surface area contributed by atoms with E-state index in [9.17, 15) is 19.4 Å². The van der Waals surface area contributed by atoms with Crippen LogP contribution in [0.2, 0.25) is 0 Å². The summed E-state index contributed by atoms with van der Waals surface area (Å²) in [7, 11) is -3.17. The van der Waals surface area contributed by atoms with Crippen molar-refractivity contribution >= 4 is 13.6 Å². The number of methoxy groups -OCH3 is 1. The van der Waals surface area contributed by atoms with Crippen molar-refractivity contribution in [1.82, 2.24) is 0 Å². The number of phosphoric acid groups is 1. The fraction of sp³-hybridized carbons (Fsp3) is 0.0952. The predicted molar refractivity (Wildman–Crippen MR) is 104 cm³/mol. The maximum atomic E-state index is 12.5. The van der Waals surface area contributed by atoms with Gasteiger partial charge < -0.3 is 23.8 Å². The second-order valence-corrected chi connectivity index (χ2v) is 7.33. The molecule has 0 aliphatic carbocycles. The van der Waals surface area contributed by atoms with Crippen LogP contribution in [-0.4, -0.2) is 18.0 Å². The summed E-state index contributed by atoms with van der Waals surface area (Å²) in [5.74, 6) is -0.116. The molecule has 30 heavy (non-hydrogen) atoms. The second-order valence-electron chi connectivity index (χ2n) is 6.07. The number of benzene rings is 3. The second kappa shape index (κ2) is 10.7. The molecule has 3 aromatic carbocycles. The summed E-state index contributed by atoms with van der Waals surface area (Å²) < 4.78 is 26.8. The van der Waals surface area contributed by atoms with Crippen LogP contribution in [0.5, 0.6) is 23.0 Å². The molecule has 3 aromatic rings. The molecule has 0 heterocycles. The number of hydrogen-bond acceptors (Lipinski definition) is 7. The maximum Gasteiger partial charge on any atom is 1.00 e. The number of ketones is 1. The predicted octanol–water partition coefficient (Wildman–Crippen LogP) is 0.756. The van der Waals surface area contributed by atoms with Gasteiger partial charge in [0.1, 0.15) is 23.0 Å². The molecule has 0 amide bonds. The molecule has 0 bridgehead atoms. The Labute approximate surface area is 196 Å². The van der Waals surface area contributed by atoms with E-state index in [0.29, 0.717) is 5.75 Å². The first kappa shape index (κ1) is 24.0. The first-order valence-electron chi connectivity index (χ1n) is 8.61. The van der Waals surface area contributed by atoms with Crippen molar-refractivity contribution < 1.29 is 62.7 Å². The van der Waals surface area contributed by atoms with Crippen LogP contribution in [-0.2, 0) is 11.0 Å². The molecule has 0 aromatic heterocycles. The van der Waals surface area contributed by atoms with Crippen LogP contribution in [0.4, 0.5) is 0 Å². The van der Waals surface area contributed by atoms with E-state index in [-0.39, 0.29) is 64.6 Å². The molecule has 9 heteroatoms. The van der Waals surface area contributed by atoms with Crippen LogP contribution in [0, 0.1) is 0 Å². The average molecular weight is 436 g/mol. The van der Waals surface area contributed by atoms with Crippen molar-refractivity contribution in [1.29, 1.82) is 0 Å². The number of phenols is 1. The first-order chi connectivity index (χ1) is 13.9. The van der Waals surface area contributed by atoms with Gasteiger partial charge in [-0.3, -0.25) is 4.79 Å². The van der Waals surface area contributed by atoms with E-state index in [1.54, 1.807) is 49.6 Å². The van der Waals surface area contributed by atoms with Gasteiger partial charge in [-0.1, -0.05) is 30.3 Å². The zero-order chi connectivity index (χ0) is 20.9. The van der Waals surface area contributed by atoms with Gasteiger partial charge in [0.05, 0.1) is 12.7 Å². The number of phenolic OH excluding ortho intramolecular Hbond substituents is 1. The third kappa shape index (κ3) is 6.62. The molecule has 1 atom stereocenters. The fourth-order valence-electron chi connectivity index (χ4n) is 2.59. The third-order valence-electron chi connectivity index (χ3n) is 3.97. The Balaban J connectivity index is 0.00000320. The Bertz CT molecular complexity index is 1040. The van der Waals surface area contributed by atoms with Crippen molar-refractivity contribution in [2.24, 2.45) is 0 Å². The van der Waals surface area contributed by atoms with Crippen LogP contribution in [0.3, 0.4) is 0 Å². The van der Waals surface area contributed by atoms with Gasteiger partial charge in [-0.2, -0.15) is 0 Å². The first-order valence-corrected chi connectivity index (χ1v) is 10.1. The molecular formula is C21H18NaO7P. The van der Waals surface area contributed by atoms with E-state index in [4.69, 9.17) is 13.8 Å². The molecule has 0 saturated carbocycles. The average Bonchev–Trinajstić information content (AvgIpc) is 2.68. The minimum atomic E-state index is -4.72. The van der Waals surface area contributed by atoms with Crippen LogP contribution >= 0.6 is 7.82 Å². The number of carbonyl (C=O) groups is 1. The zero-order valence-electron chi connectivity index (χ0n) is 16.5. The molecule has 150 valence electrons. The van der Waals surface area contributed by atoms with Gasteiger partial charge in [0.2, 0.25) is 0 Å². The Morgan fingerprint density at radius 3 is 2.13 bits per heavy atom. The largest absolute Gasteiger partial charge is 1.00 e. The third-order valence-corrected chi connectivity index (χ3v) is 4.84. The number of carbonyl (C=O) groups excluding carboxylic acids is 1. The van der Waals surface area contributed by atoms with Gasteiger partial charge in [0.15, 0.2) is 5.78 Å². The monoisotopic (exact) mass is 436 g/mol. The summed E-state index contributed by atoms with van der Waals surface area (Å²) in [5, 5.41) is 10.2. The van der Waals surface area contributed by atoms with Gasteiger partial charge in [-0.05, 0) is 42.0 Å². The molecule has 0 spiro atoms. The van der Waals surface area contributed by atoms with Crippen LogP contribution in [0.15, 0.2) is 72.8 Å². The molecule has 3 rings (SSSR count). The van der Waals surface area contributed by atoms with E-state index in [0.717, 1.165) is 11.6 Å². The summed E-state index contributed by atoms with van der Waals surface area (Å²) in [5.41, 5.74) is 0.800. The van der Waals surface area contributed by atoms with E-state index in [1.165, 1.54) is 24.3 Å². The van der Waals surface area contributed by atoms with Gasteiger partial charge in [-0.15, -0.1) is 0 Å². The van der Waals surface area contributed by atoms with Crippen molar-refractivity contribution in [3.63, 3.8) is 0 Å². The quantitative estimate of drug-likeness (QED) is 0.316. The van der Waals surface area contributed by atoms with E-state index < -0.39 is 7.82 Å². The van der Waals surface area contributed by atoms with E-state index >= 15 is 0 Å². The topological polar surface area (TPSA) is 105 Å². The number of rotatable bonds is 8. The van der Waals surface area contributed by atoms with Crippen molar-refractivity contribution in [2.75, 3.05) is 7.11 Å². The maximum absolute atomic E-state index is 12.5. The van der Waals surface area contributed by atoms with E-state index in [2.05, 4.69) is 0 Å². The van der Waals surface area contributed by atoms with Crippen molar-refractivity contribution in [3.05, 3.63) is 83.9 Å². The van der Waals surface area contributed by atoms with Gasteiger partial charge in [-0.25, -0.2) is 4.57 Å². The van der Waals surface area contributed by atoms with Crippen LogP contribution in [0.25, 0.3) is 0 Å². The zero-order valence-corrected chi connectivity index (χ0v) is 19.4. The van der Waals surface area contributed by atoms with Crippen molar-refractivity contribution in [3.8, 4) is 23.0 Å². The fourth-order valence-corrected chi connectivity index (χ4v) is 3.38. The molecule has 1 N–H and O–H groups in total. The summed E-state index contributed by atoms with van der Waals surface area (Å²) in [4.78, 5) is 24.5. The molecule has 7 nitrogen and oxygen atoms in total. The Kier molecular flexibility index (Phi) is 8.53. The Hall–Kier alpha value is -2.28. The standard InChI is InChI=1S/C21H19O7P.Na/c1-26-16-9-7-15(8-10-16)13-20(22)19-12-11-18(14-21(19)23)28-29(24,25)27-17-5-3-2-4-6-17;/h2-12,14,23H,13H2,1H3,(H,24,25);/q;+1/p-1. The van der Waals surface area contributed by atoms with Gasteiger partial charge in [0.25, 0.3) is 0 Å². The number of ether oxygens (including phenoxy) is 1.